The predicted molar refractivity (Wildman–Crippen MR) is 95.6 cm³/mol. The molecule has 1 aliphatic heterocycles. The average molecular weight is 316 g/mol. The third-order valence-corrected chi connectivity index (χ3v) is 5.97. The van der Waals surface area contributed by atoms with Crippen LogP contribution in [0, 0.1) is 12.8 Å². The maximum Gasteiger partial charge on any atom is 0.0939 e. The molecule has 1 saturated carbocycles. The lowest BCUT2D eigenvalue weighted by Gasteiger charge is -2.41. The molecule has 2 atom stereocenters. The Morgan fingerprint density at radius 3 is 2.57 bits per heavy atom. The second-order valence-corrected chi connectivity index (χ2v) is 7.64. The lowest BCUT2D eigenvalue weighted by atomic mass is 9.76. The van der Waals surface area contributed by atoms with E-state index in [9.17, 15) is 5.11 Å². The van der Waals surface area contributed by atoms with Crippen molar-refractivity contribution in [1.29, 1.82) is 0 Å². The van der Waals surface area contributed by atoms with Crippen LogP contribution in [-0.2, 0) is 5.60 Å². The number of likely N-dealkylation sites (N-methyl/N-ethyl adjacent to an activating group) is 1. The highest BCUT2D eigenvalue weighted by Crippen LogP contribution is 2.42. The number of aliphatic hydroxyl groups is 1. The second kappa shape index (κ2) is 7.33. The van der Waals surface area contributed by atoms with E-state index in [0.717, 1.165) is 52.0 Å². The van der Waals surface area contributed by atoms with Crippen molar-refractivity contribution in [2.45, 2.75) is 44.6 Å². The van der Waals surface area contributed by atoms with Crippen LogP contribution in [0.5, 0.6) is 0 Å². The van der Waals surface area contributed by atoms with Gasteiger partial charge in [-0.05, 0) is 37.9 Å². The monoisotopic (exact) mass is 316 g/mol. The Bertz CT molecular complexity index is 510. The SMILES string of the molecule is Cc1ccccc1C1(O)CCCCCC1CN1CCN(C)CC1. The fourth-order valence-electron chi connectivity index (χ4n) is 4.40. The van der Waals surface area contributed by atoms with Crippen LogP contribution in [0.25, 0.3) is 0 Å². The summed E-state index contributed by atoms with van der Waals surface area (Å²) in [6, 6.07) is 8.45. The number of nitrogens with zero attached hydrogens (tertiary/aromatic N) is 2. The van der Waals surface area contributed by atoms with Gasteiger partial charge in [0.25, 0.3) is 0 Å². The molecule has 1 heterocycles. The molecule has 3 heteroatoms. The summed E-state index contributed by atoms with van der Waals surface area (Å²) in [5.74, 6) is 0.356. The van der Waals surface area contributed by atoms with Crippen LogP contribution in [0.4, 0.5) is 0 Å². The smallest absolute Gasteiger partial charge is 0.0939 e. The van der Waals surface area contributed by atoms with Crippen molar-refractivity contribution in [2.75, 3.05) is 39.8 Å². The molecule has 23 heavy (non-hydrogen) atoms. The molecule has 2 unspecified atom stereocenters. The molecule has 2 fully saturated rings. The topological polar surface area (TPSA) is 26.7 Å². The standard InChI is InChI=1S/C20H32N2O/c1-17-8-5-6-10-19(17)20(23)11-7-3-4-9-18(20)16-22-14-12-21(2)13-15-22/h5-6,8,10,18,23H,3-4,7,9,11-16H2,1-2H3. The molecule has 1 aromatic carbocycles. The normalized spacial score (nSPS) is 31.0. The van der Waals surface area contributed by atoms with Crippen LogP contribution in [-0.4, -0.2) is 54.7 Å². The van der Waals surface area contributed by atoms with Crippen LogP contribution in [0.15, 0.2) is 24.3 Å². The Labute approximate surface area is 141 Å². The Balaban J connectivity index is 1.81. The maximum atomic E-state index is 11.7. The summed E-state index contributed by atoms with van der Waals surface area (Å²) in [5, 5.41) is 11.7. The highest BCUT2D eigenvalue weighted by Gasteiger charge is 2.40. The quantitative estimate of drug-likeness (QED) is 0.869. The zero-order valence-electron chi connectivity index (χ0n) is 14.8. The van der Waals surface area contributed by atoms with Gasteiger partial charge in [0.05, 0.1) is 5.60 Å². The Hall–Kier alpha value is -0.900. The first kappa shape index (κ1) is 16.9. The molecule has 0 bridgehead atoms. The van der Waals surface area contributed by atoms with E-state index < -0.39 is 5.60 Å². The molecule has 0 radical (unpaired) electrons. The van der Waals surface area contributed by atoms with E-state index in [1.807, 2.05) is 0 Å². The van der Waals surface area contributed by atoms with E-state index in [0.29, 0.717) is 5.92 Å². The van der Waals surface area contributed by atoms with Crippen molar-refractivity contribution in [2.24, 2.45) is 5.92 Å². The predicted octanol–water partition coefficient (Wildman–Crippen LogP) is 3.01. The average Bonchev–Trinajstić information content (AvgIpc) is 2.73. The molecule has 128 valence electrons. The van der Waals surface area contributed by atoms with Gasteiger partial charge in [-0.1, -0.05) is 43.5 Å². The van der Waals surface area contributed by atoms with E-state index in [-0.39, 0.29) is 0 Å². The lowest BCUT2D eigenvalue weighted by Crippen LogP contribution is -2.49. The van der Waals surface area contributed by atoms with E-state index in [1.54, 1.807) is 0 Å². The van der Waals surface area contributed by atoms with Crippen LogP contribution < -0.4 is 0 Å². The Morgan fingerprint density at radius 2 is 1.83 bits per heavy atom. The van der Waals surface area contributed by atoms with Gasteiger partial charge in [-0.15, -0.1) is 0 Å². The number of piperazine rings is 1. The second-order valence-electron chi connectivity index (χ2n) is 7.64. The summed E-state index contributed by atoms with van der Waals surface area (Å²) in [7, 11) is 2.20. The first-order valence-corrected chi connectivity index (χ1v) is 9.29. The van der Waals surface area contributed by atoms with Crippen LogP contribution in [0.2, 0.25) is 0 Å². The van der Waals surface area contributed by atoms with Crippen molar-refractivity contribution in [3.8, 4) is 0 Å². The number of benzene rings is 1. The molecule has 0 amide bonds. The van der Waals surface area contributed by atoms with Crippen molar-refractivity contribution >= 4 is 0 Å². The zero-order valence-corrected chi connectivity index (χ0v) is 14.8. The van der Waals surface area contributed by atoms with E-state index in [2.05, 4.69) is 48.0 Å². The molecule has 1 aromatic rings. The van der Waals surface area contributed by atoms with Crippen molar-refractivity contribution in [3.05, 3.63) is 35.4 Å². The van der Waals surface area contributed by atoms with Crippen LogP contribution in [0.3, 0.4) is 0 Å². The van der Waals surface area contributed by atoms with Gasteiger partial charge in [-0.25, -0.2) is 0 Å². The first-order valence-electron chi connectivity index (χ1n) is 9.29. The number of rotatable bonds is 3. The summed E-state index contributed by atoms with van der Waals surface area (Å²) in [5.41, 5.74) is 1.76. The van der Waals surface area contributed by atoms with Gasteiger partial charge >= 0.3 is 0 Å². The van der Waals surface area contributed by atoms with Gasteiger partial charge in [0, 0.05) is 38.6 Å². The fraction of sp³-hybridized carbons (Fsp3) is 0.700. The van der Waals surface area contributed by atoms with Crippen molar-refractivity contribution < 1.29 is 5.11 Å². The molecular weight excluding hydrogens is 284 g/mol. The van der Waals surface area contributed by atoms with Crippen LogP contribution in [0.1, 0.15) is 43.2 Å². The van der Waals surface area contributed by atoms with Gasteiger partial charge in [0.15, 0.2) is 0 Å². The minimum atomic E-state index is -0.648. The highest BCUT2D eigenvalue weighted by atomic mass is 16.3. The Kier molecular flexibility index (Phi) is 5.40. The maximum absolute atomic E-state index is 11.7. The van der Waals surface area contributed by atoms with Crippen molar-refractivity contribution in [1.82, 2.24) is 9.80 Å². The highest BCUT2D eigenvalue weighted by molar-refractivity contribution is 5.32. The molecular formula is C20H32N2O. The van der Waals surface area contributed by atoms with Gasteiger partial charge in [-0.3, -0.25) is 0 Å². The molecule has 1 saturated heterocycles. The third kappa shape index (κ3) is 3.78. The van der Waals surface area contributed by atoms with Gasteiger partial charge in [0.2, 0.25) is 0 Å². The fourth-order valence-corrected chi connectivity index (χ4v) is 4.40. The van der Waals surface area contributed by atoms with E-state index >= 15 is 0 Å². The summed E-state index contributed by atoms with van der Waals surface area (Å²) < 4.78 is 0. The Morgan fingerprint density at radius 1 is 1.09 bits per heavy atom. The van der Waals surface area contributed by atoms with Crippen molar-refractivity contribution in [3.63, 3.8) is 0 Å². The lowest BCUT2D eigenvalue weighted by molar-refractivity contribution is -0.0469. The summed E-state index contributed by atoms with van der Waals surface area (Å²) in [6.45, 7) is 7.75. The first-order chi connectivity index (χ1) is 11.1. The molecule has 3 rings (SSSR count). The van der Waals surface area contributed by atoms with E-state index in [4.69, 9.17) is 0 Å². The molecule has 0 spiro atoms. The number of aryl methyl sites for hydroxylation is 1. The number of hydrogen-bond acceptors (Lipinski definition) is 3. The number of hydrogen-bond donors (Lipinski definition) is 1. The van der Waals surface area contributed by atoms with Gasteiger partial charge in [0.1, 0.15) is 0 Å². The molecule has 1 N–H and O–H groups in total. The zero-order chi connectivity index (χ0) is 16.3. The van der Waals surface area contributed by atoms with Gasteiger partial charge in [-0.2, -0.15) is 0 Å². The largest absolute Gasteiger partial charge is 0.385 e. The molecule has 1 aliphatic carbocycles. The minimum Gasteiger partial charge on any atom is -0.385 e. The molecule has 0 aromatic heterocycles. The van der Waals surface area contributed by atoms with E-state index in [1.165, 1.54) is 24.0 Å². The molecule has 2 aliphatic rings. The summed E-state index contributed by atoms with van der Waals surface area (Å²) in [4.78, 5) is 4.97. The third-order valence-electron chi connectivity index (χ3n) is 5.97. The van der Waals surface area contributed by atoms with Crippen LogP contribution >= 0.6 is 0 Å². The van der Waals surface area contributed by atoms with Gasteiger partial charge < -0.3 is 14.9 Å². The summed E-state index contributed by atoms with van der Waals surface area (Å²) in [6.07, 6.45) is 5.72. The minimum absolute atomic E-state index is 0.356. The summed E-state index contributed by atoms with van der Waals surface area (Å²) >= 11 is 0. The molecule has 3 nitrogen and oxygen atoms in total.